The topological polar surface area (TPSA) is 84.3 Å². The minimum atomic E-state index is -0.601. The van der Waals surface area contributed by atoms with Crippen molar-refractivity contribution in [3.05, 3.63) is 53.6 Å². The fraction of sp³-hybridized carbons (Fsp3) is 0.273. The van der Waals surface area contributed by atoms with E-state index < -0.39 is 11.9 Å². The molecule has 3 aromatic rings. The third-order valence-electron chi connectivity index (χ3n) is 5.75. The Kier molecular flexibility index (Phi) is 3.97. The molecule has 29 heavy (non-hydrogen) atoms. The van der Waals surface area contributed by atoms with E-state index in [1.165, 1.54) is 0 Å². The smallest absolute Gasteiger partial charge is 0.255 e. The van der Waals surface area contributed by atoms with Crippen LogP contribution in [0.1, 0.15) is 35.7 Å². The van der Waals surface area contributed by atoms with Crippen molar-refractivity contribution in [3.8, 4) is 11.3 Å². The third kappa shape index (κ3) is 2.73. The monoisotopic (exact) mass is 388 g/mol. The molecule has 5 rings (SSSR count). The number of imide groups is 1. The van der Waals surface area contributed by atoms with Crippen LogP contribution < -0.4 is 5.32 Å². The Bertz CT molecular complexity index is 1180. The van der Waals surface area contributed by atoms with Gasteiger partial charge in [-0.3, -0.25) is 24.4 Å². The Balaban J connectivity index is 1.51. The lowest BCUT2D eigenvalue weighted by atomic mass is 10.0. The highest BCUT2D eigenvalue weighted by atomic mass is 16.2. The van der Waals surface area contributed by atoms with Crippen LogP contribution in [0.3, 0.4) is 0 Å². The zero-order chi connectivity index (χ0) is 20.1. The van der Waals surface area contributed by atoms with E-state index in [1.807, 2.05) is 35.0 Å². The highest BCUT2D eigenvalue weighted by Crippen LogP contribution is 2.33. The normalized spacial score (nSPS) is 19.0. The number of carbonyl (C=O) groups excluding carboxylic acids is 3. The van der Waals surface area contributed by atoms with Gasteiger partial charge in [0.15, 0.2) is 0 Å². The first kappa shape index (κ1) is 17.6. The van der Waals surface area contributed by atoms with Gasteiger partial charge in [-0.2, -0.15) is 5.10 Å². The first-order valence-electron chi connectivity index (χ1n) is 9.80. The molecule has 3 heterocycles. The second kappa shape index (κ2) is 6.55. The summed E-state index contributed by atoms with van der Waals surface area (Å²) >= 11 is 0. The van der Waals surface area contributed by atoms with E-state index in [9.17, 15) is 14.4 Å². The van der Waals surface area contributed by atoms with Crippen LogP contribution in [0.2, 0.25) is 0 Å². The number of nitrogens with one attached hydrogen (secondary N) is 1. The molecule has 0 saturated carbocycles. The van der Waals surface area contributed by atoms with Gasteiger partial charge in [0, 0.05) is 36.0 Å². The number of hydrogen-bond acceptors (Lipinski definition) is 4. The van der Waals surface area contributed by atoms with E-state index in [2.05, 4.69) is 24.4 Å². The van der Waals surface area contributed by atoms with E-state index in [-0.39, 0.29) is 18.2 Å². The summed E-state index contributed by atoms with van der Waals surface area (Å²) in [7, 11) is 0. The first-order chi connectivity index (χ1) is 14.1. The Morgan fingerprint density at radius 2 is 1.97 bits per heavy atom. The molecule has 1 N–H and O–H groups in total. The number of nitrogens with zero attached hydrogens (tertiary/aromatic N) is 3. The molecule has 1 aromatic heterocycles. The number of carbonyl (C=O) groups is 3. The summed E-state index contributed by atoms with van der Waals surface area (Å²) in [5.41, 5.74) is 4.40. The van der Waals surface area contributed by atoms with E-state index in [0.29, 0.717) is 18.5 Å². The van der Waals surface area contributed by atoms with Crippen LogP contribution in [0.5, 0.6) is 0 Å². The number of aryl methyl sites for hydroxylation is 1. The maximum atomic E-state index is 12.9. The van der Waals surface area contributed by atoms with E-state index in [4.69, 9.17) is 5.10 Å². The lowest BCUT2D eigenvalue weighted by molar-refractivity contribution is -0.136. The largest absolute Gasteiger partial charge is 0.322 e. The van der Waals surface area contributed by atoms with Crippen molar-refractivity contribution in [1.29, 1.82) is 0 Å². The Labute approximate surface area is 167 Å². The number of rotatable bonds is 3. The van der Waals surface area contributed by atoms with Gasteiger partial charge in [-0.1, -0.05) is 24.3 Å². The molecule has 1 unspecified atom stereocenters. The molecule has 2 aliphatic heterocycles. The molecule has 2 aliphatic rings. The molecule has 7 nitrogen and oxygen atoms in total. The number of hydrogen-bond donors (Lipinski definition) is 1. The van der Waals surface area contributed by atoms with Crippen LogP contribution in [-0.2, 0) is 22.7 Å². The van der Waals surface area contributed by atoms with E-state index in [1.54, 1.807) is 4.90 Å². The van der Waals surface area contributed by atoms with Gasteiger partial charge in [-0.15, -0.1) is 0 Å². The predicted molar refractivity (Wildman–Crippen MR) is 107 cm³/mol. The summed E-state index contributed by atoms with van der Waals surface area (Å²) in [6, 6.07) is 13.2. The highest BCUT2D eigenvalue weighted by Gasteiger charge is 2.39. The molecule has 0 aliphatic carbocycles. The molecule has 1 saturated heterocycles. The molecule has 1 fully saturated rings. The van der Waals surface area contributed by atoms with Crippen molar-refractivity contribution in [2.75, 3.05) is 0 Å². The summed E-state index contributed by atoms with van der Waals surface area (Å²) in [5, 5.41) is 8.17. The molecule has 146 valence electrons. The average molecular weight is 388 g/mol. The lowest BCUT2D eigenvalue weighted by Gasteiger charge is -2.29. The standard InChI is InChI=1S/C22H20N4O3/c1-2-26-17-6-4-3-5-16(17)20(24-26)13-7-8-15-14(11-13)12-25(22(15)29)18-9-10-19(27)23-21(18)28/h3-8,11,18H,2,9-10,12H2,1H3,(H,23,27,28). The van der Waals surface area contributed by atoms with Crippen LogP contribution in [0.4, 0.5) is 0 Å². The molecule has 0 radical (unpaired) electrons. The number of amides is 3. The average Bonchev–Trinajstić information content (AvgIpc) is 3.26. The predicted octanol–water partition coefficient (Wildman–Crippen LogP) is 2.48. The Hall–Kier alpha value is -3.48. The SMILES string of the molecule is CCn1nc(-c2ccc3c(c2)CN(C2CCC(=O)NC2=O)C3=O)c2ccccc21. The Morgan fingerprint density at radius 3 is 2.76 bits per heavy atom. The molecular formula is C22H20N4O3. The molecule has 2 aromatic carbocycles. The quantitative estimate of drug-likeness (QED) is 0.699. The van der Waals surface area contributed by atoms with Crippen molar-refractivity contribution in [2.24, 2.45) is 0 Å². The zero-order valence-corrected chi connectivity index (χ0v) is 16.0. The second-order valence-electron chi connectivity index (χ2n) is 7.45. The minimum absolute atomic E-state index is 0.162. The molecular weight excluding hydrogens is 368 g/mol. The maximum Gasteiger partial charge on any atom is 0.255 e. The van der Waals surface area contributed by atoms with Gasteiger partial charge in [0.05, 0.1) is 5.52 Å². The third-order valence-corrected chi connectivity index (χ3v) is 5.75. The summed E-state index contributed by atoms with van der Waals surface area (Å²) < 4.78 is 1.97. The molecule has 7 heteroatoms. The number of piperidine rings is 1. The molecule has 0 spiro atoms. The fourth-order valence-corrected chi connectivity index (χ4v) is 4.30. The summed E-state index contributed by atoms with van der Waals surface area (Å²) in [5.74, 6) is -0.837. The minimum Gasteiger partial charge on any atom is -0.322 e. The van der Waals surface area contributed by atoms with Crippen LogP contribution in [0, 0.1) is 0 Å². The second-order valence-corrected chi connectivity index (χ2v) is 7.45. The van der Waals surface area contributed by atoms with Crippen LogP contribution in [0.25, 0.3) is 22.2 Å². The van der Waals surface area contributed by atoms with Gasteiger partial charge in [0.1, 0.15) is 11.7 Å². The number of fused-ring (bicyclic) bond motifs is 2. The maximum absolute atomic E-state index is 12.9. The number of para-hydroxylation sites is 1. The van der Waals surface area contributed by atoms with Crippen molar-refractivity contribution in [3.63, 3.8) is 0 Å². The van der Waals surface area contributed by atoms with E-state index in [0.717, 1.165) is 34.3 Å². The van der Waals surface area contributed by atoms with Crippen molar-refractivity contribution < 1.29 is 14.4 Å². The van der Waals surface area contributed by atoms with E-state index >= 15 is 0 Å². The summed E-state index contributed by atoms with van der Waals surface area (Å²) in [4.78, 5) is 38.1. The molecule has 1 atom stereocenters. The fourth-order valence-electron chi connectivity index (χ4n) is 4.30. The van der Waals surface area contributed by atoms with Gasteiger partial charge < -0.3 is 4.90 Å². The van der Waals surface area contributed by atoms with Gasteiger partial charge >= 0.3 is 0 Å². The van der Waals surface area contributed by atoms with Gasteiger partial charge in [0.2, 0.25) is 11.8 Å². The Morgan fingerprint density at radius 1 is 1.14 bits per heavy atom. The summed E-state index contributed by atoms with van der Waals surface area (Å²) in [6.07, 6.45) is 0.616. The number of aromatic nitrogens is 2. The molecule has 0 bridgehead atoms. The van der Waals surface area contributed by atoms with Crippen molar-refractivity contribution >= 4 is 28.6 Å². The van der Waals surface area contributed by atoms with Crippen molar-refractivity contribution in [2.45, 2.75) is 38.9 Å². The van der Waals surface area contributed by atoms with Crippen molar-refractivity contribution in [1.82, 2.24) is 20.0 Å². The number of benzene rings is 2. The van der Waals surface area contributed by atoms with Gasteiger partial charge in [-0.25, -0.2) is 0 Å². The van der Waals surface area contributed by atoms with Gasteiger partial charge in [-0.05, 0) is 37.1 Å². The van der Waals surface area contributed by atoms with Crippen LogP contribution >= 0.6 is 0 Å². The van der Waals surface area contributed by atoms with Crippen LogP contribution in [0.15, 0.2) is 42.5 Å². The molecule has 3 amide bonds. The zero-order valence-electron chi connectivity index (χ0n) is 16.0. The van der Waals surface area contributed by atoms with Gasteiger partial charge in [0.25, 0.3) is 5.91 Å². The van der Waals surface area contributed by atoms with Crippen LogP contribution in [-0.4, -0.2) is 38.4 Å². The summed E-state index contributed by atoms with van der Waals surface area (Å²) in [6.45, 7) is 3.19. The first-order valence-corrected chi connectivity index (χ1v) is 9.80. The highest BCUT2D eigenvalue weighted by molar-refractivity contribution is 6.05. The lowest BCUT2D eigenvalue weighted by Crippen LogP contribution is -2.52.